The summed E-state index contributed by atoms with van der Waals surface area (Å²) in [6, 6.07) is 17.6. The molecule has 4 aromatic rings. The second kappa shape index (κ2) is 8.87. The maximum atomic E-state index is 12.8. The van der Waals surface area contributed by atoms with Crippen LogP contribution >= 0.6 is 0 Å². The number of sulfonamides is 1. The minimum atomic E-state index is -3.85. The number of nitrogens with one attached hydrogen (secondary N) is 2. The number of methoxy groups -OCH3 is 1. The number of carbonyl (C=O) groups is 1. The molecule has 0 saturated carbocycles. The molecule has 0 bridgehead atoms. The van der Waals surface area contributed by atoms with Gasteiger partial charge in [-0.15, -0.1) is 0 Å². The molecular formula is C24H22N4O4S. The molecule has 168 valence electrons. The molecule has 0 radical (unpaired) electrons. The van der Waals surface area contributed by atoms with Crippen molar-refractivity contribution in [1.29, 1.82) is 0 Å². The van der Waals surface area contributed by atoms with Crippen LogP contribution in [0.1, 0.15) is 21.7 Å². The summed E-state index contributed by atoms with van der Waals surface area (Å²) in [6.07, 6.45) is 0. The Labute approximate surface area is 191 Å². The van der Waals surface area contributed by atoms with Gasteiger partial charge in [-0.2, -0.15) is 0 Å². The number of ether oxygens (including phenoxy) is 1. The van der Waals surface area contributed by atoms with Gasteiger partial charge in [-0.05, 0) is 74.5 Å². The van der Waals surface area contributed by atoms with Gasteiger partial charge in [-0.1, -0.05) is 6.07 Å². The van der Waals surface area contributed by atoms with Crippen molar-refractivity contribution in [2.45, 2.75) is 18.7 Å². The van der Waals surface area contributed by atoms with Gasteiger partial charge in [0.05, 0.1) is 34.4 Å². The molecule has 0 spiro atoms. The summed E-state index contributed by atoms with van der Waals surface area (Å²) < 4.78 is 33.2. The van der Waals surface area contributed by atoms with E-state index in [1.54, 1.807) is 54.6 Å². The normalized spacial score (nSPS) is 11.2. The highest BCUT2D eigenvalue weighted by molar-refractivity contribution is 7.92. The topological polar surface area (TPSA) is 110 Å². The second-order valence-corrected chi connectivity index (χ2v) is 9.10. The zero-order chi connectivity index (χ0) is 23.6. The monoisotopic (exact) mass is 462 g/mol. The number of anilines is 2. The predicted molar refractivity (Wildman–Crippen MR) is 127 cm³/mol. The third-order valence-corrected chi connectivity index (χ3v) is 6.46. The van der Waals surface area contributed by atoms with Crippen LogP contribution in [0.25, 0.3) is 11.0 Å². The van der Waals surface area contributed by atoms with Crippen molar-refractivity contribution >= 4 is 38.3 Å². The lowest BCUT2D eigenvalue weighted by molar-refractivity contribution is 0.102. The van der Waals surface area contributed by atoms with Gasteiger partial charge >= 0.3 is 0 Å². The first-order valence-electron chi connectivity index (χ1n) is 10.1. The highest BCUT2D eigenvalue weighted by atomic mass is 32.2. The Kier molecular flexibility index (Phi) is 5.97. The summed E-state index contributed by atoms with van der Waals surface area (Å²) in [6.45, 7) is 3.74. The number of hydrogen-bond acceptors (Lipinski definition) is 6. The van der Waals surface area contributed by atoms with E-state index in [-0.39, 0.29) is 10.8 Å². The smallest absolute Gasteiger partial charge is 0.261 e. The summed E-state index contributed by atoms with van der Waals surface area (Å²) in [5.41, 5.74) is 4.09. The van der Waals surface area contributed by atoms with Crippen molar-refractivity contribution in [2.75, 3.05) is 17.1 Å². The lowest BCUT2D eigenvalue weighted by Gasteiger charge is -2.11. The predicted octanol–water partition coefficient (Wildman–Crippen LogP) is 4.31. The molecule has 1 heterocycles. The summed E-state index contributed by atoms with van der Waals surface area (Å²) in [5.74, 6) is 0.238. The van der Waals surface area contributed by atoms with Gasteiger partial charge in [0.2, 0.25) is 0 Å². The fraction of sp³-hybridized carbons (Fsp3) is 0.125. The van der Waals surface area contributed by atoms with Crippen molar-refractivity contribution in [3.8, 4) is 5.75 Å². The van der Waals surface area contributed by atoms with E-state index < -0.39 is 10.0 Å². The number of rotatable bonds is 6. The van der Waals surface area contributed by atoms with E-state index in [1.807, 2.05) is 13.8 Å². The van der Waals surface area contributed by atoms with Gasteiger partial charge in [0, 0.05) is 16.9 Å². The summed E-state index contributed by atoms with van der Waals surface area (Å²) in [5, 5.41) is 2.74. The van der Waals surface area contributed by atoms with Crippen molar-refractivity contribution in [2.24, 2.45) is 0 Å². The van der Waals surface area contributed by atoms with E-state index in [9.17, 15) is 13.2 Å². The maximum absolute atomic E-state index is 12.8. The van der Waals surface area contributed by atoms with Gasteiger partial charge < -0.3 is 10.1 Å². The van der Waals surface area contributed by atoms with Crippen LogP contribution in [0, 0.1) is 13.8 Å². The van der Waals surface area contributed by atoms with Gasteiger partial charge in [-0.25, -0.2) is 18.4 Å². The molecular weight excluding hydrogens is 440 g/mol. The molecule has 0 aliphatic heterocycles. The standard InChI is InChI=1S/C24H22N4O4S/c1-15-16(2)26-23-13-17(7-12-22(23)25-15)24(29)27-19-5-4-6-21(14-19)33(30,31)28-18-8-10-20(32-3)11-9-18/h4-14,28H,1-3H3,(H,27,29). The number of carbonyl (C=O) groups excluding carboxylic acids is 1. The van der Waals surface area contributed by atoms with Crippen molar-refractivity contribution in [3.05, 3.63) is 83.7 Å². The minimum absolute atomic E-state index is 0.0200. The Hall–Kier alpha value is -3.98. The zero-order valence-corrected chi connectivity index (χ0v) is 19.1. The fourth-order valence-electron chi connectivity index (χ4n) is 3.19. The van der Waals surface area contributed by atoms with Crippen LogP contribution in [0.5, 0.6) is 5.75 Å². The van der Waals surface area contributed by atoms with Crippen molar-refractivity contribution < 1.29 is 17.9 Å². The van der Waals surface area contributed by atoms with Gasteiger partial charge in [0.15, 0.2) is 0 Å². The third-order valence-electron chi connectivity index (χ3n) is 5.08. The third kappa shape index (κ3) is 4.93. The number of nitrogens with zero attached hydrogens (tertiary/aromatic N) is 2. The quantitative estimate of drug-likeness (QED) is 0.442. The molecule has 9 heteroatoms. The number of aromatic nitrogens is 2. The molecule has 1 aromatic heterocycles. The highest BCUT2D eigenvalue weighted by Crippen LogP contribution is 2.22. The molecule has 0 aliphatic carbocycles. The van der Waals surface area contributed by atoms with Crippen LogP contribution < -0.4 is 14.8 Å². The van der Waals surface area contributed by atoms with Crippen LogP contribution in [-0.2, 0) is 10.0 Å². The van der Waals surface area contributed by atoms with E-state index in [2.05, 4.69) is 20.0 Å². The average Bonchev–Trinajstić information content (AvgIpc) is 2.80. The Morgan fingerprint density at radius 3 is 2.24 bits per heavy atom. The summed E-state index contributed by atoms with van der Waals surface area (Å²) in [4.78, 5) is 21.8. The molecule has 8 nitrogen and oxygen atoms in total. The van der Waals surface area contributed by atoms with Gasteiger partial charge in [0.25, 0.3) is 15.9 Å². The van der Waals surface area contributed by atoms with E-state index >= 15 is 0 Å². The van der Waals surface area contributed by atoms with Crippen LogP contribution in [0.15, 0.2) is 71.6 Å². The second-order valence-electron chi connectivity index (χ2n) is 7.41. The van der Waals surface area contributed by atoms with E-state index in [0.29, 0.717) is 33.7 Å². The average molecular weight is 463 g/mol. The van der Waals surface area contributed by atoms with Crippen molar-refractivity contribution in [1.82, 2.24) is 9.97 Å². The maximum Gasteiger partial charge on any atom is 0.261 e. The fourth-order valence-corrected chi connectivity index (χ4v) is 4.29. The Morgan fingerprint density at radius 1 is 0.848 bits per heavy atom. The molecule has 0 fully saturated rings. The first-order valence-corrected chi connectivity index (χ1v) is 11.6. The molecule has 0 unspecified atom stereocenters. The van der Waals surface area contributed by atoms with E-state index in [4.69, 9.17) is 4.74 Å². The first-order chi connectivity index (χ1) is 15.7. The molecule has 3 aromatic carbocycles. The first kappa shape index (κ1) is 22.2. The van der Waals surface area contributed by atoms with Crippen LogP contribution in [0.4, 0.5) is 11.4 Å². The molecule has 33 heavy (non-hydrogen) atoms. The number of hydrogen-bond donors (Lipinski definition) is 2. The zero-order valence-electron chi connectivity index (χ0n) is 18.3. The number of amides is 1. The molecule has 0 aliphatic rings. The molecule has 1 amide bonds. The van der Waals surface area contributed by atoms with Crippen LogP contribution in [0.3, 0.4) is 0 Å². The minimum Gasteiger partial charge on any atom is -0.497 e. The largest absolute Gasteiger partial charge is 0.497 e. The van der Waals surface area contributed by atoms with Gasteiger partial charge in [0.1, 0.15) is 5.75 Å². The SMILES string of the molecule is COc1ccc(NS(=O)(=O)c2cccc(NC(=O)c3ccc4nc(C)c(C)nc4c3)c2)cc1. The van der Waals surface area contributed by atoms with Crippen LogP contribution in [0.2, 0.25) is 0 Å². The van der Waals surface area contributed by atoms with E-state index in [1.165, 1.54) is 19.2 Å². The molecule has 4 rings (SSSR count). The summed E-state index contributed by atoms with van der Waals surface area (Å²) in [7, 11) is -2.32. The van der Waals surface area contributed by atoms with E-state index in [0.717, 1.165) is 11.4 Å². The lowest BCUT2D eigenvalue weighted by Crippen LogP contribution is -2.15. The van der Waals surface area contributed by atoms with Crippen LogP contribution in [-0.4, -0.2) is 31.4 Å². The Balaban J connectivity index is 1.54. The highest BCUT2D eigenvalue weighted by Gasteiger charge is 2.16. The number of aryl methyl sites for hydroxylation is 2. The number of benzene rings is 3. The molecule has 2 N–H and O–H groups in total. The van der Waals surface area contributed by atoms with Gasteiger partial charge in [-0.3, -0.25) is 9.52 Å². The van der Waals surface area contributed by atoms with Crippen molar-refractivity contribution in [3.63, 3.8) is 0 Å². The lowest BCUT2D eigenvalue weighted by atomic mass is 10.1. The Bertz CT molecular complexity index is 1450. The molecule has 0 atom stereocenters. The number of fused-ring (bicyclic) bond motifs is 1. The molecule has 0 saturated heterocycles. The Morgan fingerprint density at radius 2 is 1.55 bits per heavy atom. The summed E-state index contributed by atoms with van der Waals surface area (Å²) >= 11 is 0.